The van der Waals surface area contributed by atoms with E-state index >= 15 is 0 Å². The molecule has 0 spiro atoms. The molecule has 1 aliphatic heterocycles. The van der Waals surface area contributed by atoms with Crippen LogP contribution in [0.4, 0.5) is 0 Å². The Labute approximate surface area is 93.2 Å². The minimum atomic E-state index is -0.193. The number of hydrogen-bond donors (Lipinski definition) is 2. The lowest BCUT2D eigenvalue weighted by atomic mass is 10.1. The zero-order valence-corrected chi connectivity index (χ0v) is 10.0. The van der Waals surface area contributed by atoms with Gasteiger partial charge in [0.05, 0.1) is 12.2 Å². The average Bonchev–Trinajstić information content (AvgIpc) is 2.68. The van der Waals surface area contributed by atoms with Gasteiger partial charge in [-0.2, -0.15) is 0 Å². The van der Waals surface area contributed by atoms with Gasteiger partial charge >= 0.3 is 0 Å². The van der Waals surface area contributed by atoms with Crippen molar-refractivity contribution in [2.75, 3.05) is 13.2 Å². The molecule has 0 radical (unpaired) electrons. The highest BCUT2D eigenvalue weighted by Crippen LogP contribution is 2.16. The number of nitrogens with one attached hydrogen (secondary N) is 1. The van der Waals surface area contributed by atoms with Gasteiger partial charge in [0.2, 0.25) is 0 Å². The summed E-state index contributed by atoms with van der Waals surface area (Å²) < 4.78 is 5.58. The highest BCUT2D eigenvalue weighted by atomic mass is 16.5. The standard InChI is InChI=1S/C12H25NO2/c1-3-5-11(14)9-13-10(2)8-12-6-4-7-15-12/h10-14H,3-9H2,1-2H3. The molecule has 3 heteroatoms. The zero-order valence-electron chi connectivity index (χ0n) is 10.0. The summed E-state index contributed by atoms with van der Waals surface area (Å²) in [5, 5.41) is 12.9. The maximum Gasteiger partial charge on any atom is 0.0664 e. The largest absolute Gasteiger partial charge is 0.392 e. The van der Waals surface area contributed by atoms with Gasteiger partial charge < -0.3 is 15.2 Å². The average molecular weight is 215 g/mol. The van der Waals surface area contributed by atoms with E-state index in [0.717, 1.165) is 25.9 Å². The molecule has 90 valence electrons. The second-order valence-electron chi connectivity index (χ2n) is 4.62. The van der Waals surface area contributed by atoms with Gasteiger partial charge in [-0.3, -0.25) is 0 Å². The molecule has 0 saturated carbocycles. The minimum Gasteiger partial charge on any atom is -0.392 e. The first kappa shape index (κ1) is 12.9. The molecule has 0 aliphatic carbocycles. The number of ether oxygens (including phenoxy) is 1. The van der Waals surface area contributed by atoms with Crippen LogP contribution >= 0.6 is 0 Å². The van der Waals surface area contributed by atoms with E-state index in [2.05, 4.69) is 19.2 Å². The first-order valence-electron chi connectivity index (χ1n) is 6.25. The van der Waals surface area contributed by atoms with Crippen LogP contribution in [-0.4, -0.2) is 36.5 Å². The topological polar surface area (TPSA) is 41.5 Å². The number of aliphatic hydroxyl groups is 1. The number of hydrogen-bond acceptors (Lipinski definition) is 3. The van der Waals surface area contributed by atoms with Crippen LogP contribution in [0.2, 0.25) is 0 Å². The van der Waals surface area contributed by atoms with Crippen molar-refractivity contribution in [2.45, 2.75) is 64.2 Å². The Morgan fingerprint density at radius 3 is 2.93 bits per heavy atom. The summed E-state index contributed by atoms with van der Waals surface area (Å²) in [6.45, 7) is 5.90. The van der Waals surface area contributed by atoms with Crippen LogP contribution in [0.5, 0.6) is 0 Å². The Balaban J connectivity index is 2.04. The monoisotopic (exact) mass is 215 g/mol. The number of rotatable bonds is 7. The maximum absolute atomic E-state index is 9.57. The molecular formula is C12H25NO2. The van der Waals surface area contributed by atoms with Crippen LogP contribution in [-0.2, 0) is 4.74 Å². The summed E-state index contributed by atoms with van der Waals surface area (Å²) in [6.07, 6.45) is 5.65. The van der Waals surface area contributed by atoms with E-state index in [1.54, 1.807) is 0 Å². The Morgan fingerprint density at radius 1 is 1.53 bits per heavy atom. The van der Waals surface area contributed by atoms with E-state index in [1.165, 1.54) is 12.8 Å². The first-order valence-corrected chi connectivity index (χ1v) is 6.25. The van der Waals surface area contributed by atoms with E-state index in [4.69, 9.17) is 4.74 Å². The quantitative estimate of drug-likeness (QED) is 0.679. The van der Waals surface area contributed by atoms with Gasteiger partial charge in [-0.25, -0.2) is 0 Å². The molecule has 1 saturated heterocycles. The van der Waals surface area contributed by atoms with E-state index in [1.807, 2.05) is 0 Å². The molecule has 0 aromatic carbocycles. The normalized spacial score (nSPS) is 25.4. The predicted octanol–water partition coefficient (Wildman–Crippen LogP) is 1.69. The van der Waals surface area contributed by atoms with Crippen LogP contribution in [0.15, 0.2) is 0 Å². The van der Waals surface area contributed by atoms with Gasteiger partial charge in [0.1, 0.15) is 0 Å². The summed E-state index contributed by atoms with van der Waals surface area (Å²) in [5.41, 5.74) is 0. The Kier molecular flexibility index (Phi) is 6.22. The van der Waals surface area contributed by atoms with Crippen LogP contribution in [0.3, 0.4) is 0 Å². The third-order valence-corrected chi connectivity index (χ3v) is 2.96. The van der Waals surface area contributed by atoms with Crippen molar-refractivity contribution in [3.05, 3.63) is 0 Å². The molecule has 0 aromatic rings. The SMILES string of the molecule is CCCC(O)CNC(C)CC1CCCO1. The molecule has 0 bridgehead atoms. The van der Waals surface area contributed by atoms with Crippen LogP contribution in [0.1, 0.15) is 46.0 Å². The summed E-state index contributed by atoms with van der Waals surface area (Å²) in [4.78, 5) is 0. The molecule has 2 N–H and O–H groups in total. The maximum atomic E-state index is 9.57. The van der Waals surface area contributed by atoms with Crippen molar-refractivity contribution in [1.29, 1.82) is 0 Å². The Bertz CT molecular complexity index is 158. The Hall–Kier alpha value is -0.120. The number of aliphatic hydroxyl groups excluding tert-OH is 1. The summed E-state index contributed by atoms with van der Waals surface area (Å²) in [5.74, 6) is 0. The minimum absolute atomic E-state index is 0.193. The molecule has 1 heterocycles. The van der Waals surface area contributed by atoms with Crippen LogP contribution < -0.4 is 5.32 Å². The van der Waals surface area contributed by atoms with Gasteiger partial charge in [-0.05, 0) is 32.6 Å². The molecule has 1 aliphatic rings. The predicted molar refractivity (Wildman–Crippen MR) is 62.0 cm³/mol. The third kappa shape index (κ3) is 5.50. The van der Waals surface area contributed by atoms with E-state index in [9.17, 15) is 5.11 Å². The molecule has 3 atom stereocenters. The molecular weight excluding hydrogens is 190 g/mol. The fourth-order valence-electron chi connectivity index (χ4n) is 2.08. The summed E-state index contributed by atoms with van der Waals surface area (Å²) >= 11 is 0. The van der Waals surface area contributed by atoms with Crippen molar-refractivity contribution >= 4 is 0 Å². The van der Waals surface area contributed by atoms with Gasteiger partial charge in [0, 0.05) is 19.2 Å². The van der Waals surface area contributed by atoms with Crippen molar-refractivity contribution in [3.8, 4) is 0 Å². The van der Waals surface area contributed by atoms with Gasteiger partial charge in [-0.15, -0.1) is 0 Å². The highest BCUT2D eigenvalue weighted by Gasteiger charge is 2.18. The van der Waals surface area contributed by atoms with E-state index in [-0.39, 0.29) is 6.10 Å². The van der Waals surface area contributed by atoms with Crippen molar-refractivity contribution in [3.63, 3.8) is 0 Å². The van der Waals surface area contributed by atoms with Crippen LogP contribution in [0, 0.1) is 0 Å². The van der Waals surface area contributed by atoms with Gasteiger partial charge in [0.15, 0.2) is 0 Å². The van der Waals surface area contributed by atoms with Crippen molar-refractivity contribution < 1.29 is 9.84 Å². The third-order valence-electron chi connectivity index (χ3n) is 2.96. The second kappa shape index (κ2) is 7.20. The lowest BCUT2D eigenvalue weighted by Crippen LogP contribution is -2.35. The fourth-order valence-corrected chi connectivity index (χ4v) is 2.08. The summed E-state index contributed by atoms with van der Waals surface area (Å²) in [6, 6.07) is 0.444. The van der Waals surface area contributed by atoms with Gasteiger partial charge in [-0.1, -0.05) is 13.3 Å². The molecule has 0 aromatic heterocycles. The zero-order chi connectivity index (χ0) is 11.1. The van der Waals surface area contributed by atoms with Gasteiger partial charge in [0.25, 0.3) is 0 Å². The molecule has 1 rings (SSSR count). The summed E-state index contributed by atoms with van der Waals surface area (Å²) in [7, 11) is 0. The first-order chi connectivity index (χ1) is 7.22. The molecule has 15 heavy (non-hydrogen) atoms. The molecule has 1 fully saturated rings. The molecule has 3 unspecified atom stereocenters. The lowest BCUT2D eigenvalue weighted by Gasteiger charge is -2.19. The van der Waals surface area contributed by atoms with E-state index in [0.29, 0.717) is 18.7 Å². The smallest absolute Gasteiger partial charge is 0.0664 e. The second-order valence-corrected chi connectivity index (χ2v) is 4.62. The lowest BCUT2D eigenvalue weighted by molar-refractivity contribution is 0.0926. The highest BCUT2D eigenvalue weighted by molar-refractivity contribution is 4.73. The van der Waals surface area contributed by atoms with Crippen molar-refractivity contribution in [1.82, 2.24) is 5.32 Å². The van der Waals surface area contributed by atoms with E-state index < -0.39 is 0 Å². The fraction of sp³-hybridized carbons (Fsp3) is 1.00. The van der Waals surface area contributed by atoms with Crippen LogP contribution in [0.25, 0.3) is 0 Å². The molecule has 0 amide bonds. The molecule has 3 nitrogen and oxygen atoms in total. The Morgan fingerprint density at radius 2 is 2.33 bits per heavy atom. The van der Waals surface area contributed by atoms with Crippen molar-refractivity contribution in [2.24, 2.45) is 0 Å².